The van der Waals surface area contributed by atoms with Crippen LogP contribution in [0.5, 0.6) is 0 Å². The number of para-hydroxylation sites is 1. The van der Waals surface area contributed by atoms with Gasteiger partial charge in [0.15, 0.2) is 5.16 Å². The van der Waals surface area contributed by atoms with Gasteiger partial charge in [-0.3, -0.25) is 9.36 Å². The Hall–Kier alpha value is -2.45. The molecule has 28 heavy (non-hydrogen) atoms. The molecule has 4 aromatic rings. The van der Waals surface area contributed by atoms with E-state index in [4.69, 9.17) is 9.40 Å². The van der Waals surface area contributed by atoms with Crippen LogP contribution in [0.25, 0.3) is 21.7 Å². The third-order valence-electron chi connectivity index (χ3n) is 4.28. The summed E-state index contributed by atoms with van der Waals surface area (Å²) in [6, 6.07) is 11.4. The van der Waals surface area contributed by atoms with E-state index in [0.717, 1.165) is 11.3 Å². The van der Waals surface area contributed by atoms with Crippen LogP contribution in [0.3, 0.4) is 0 Å². The van der Waals surface area contributed by atoms with E-state index in [1.54, 1.807) is 15.9 Å². The minimum atomic E-state index is -0.00134. The van der Waals surface area contributed by atoms with Crippen molar-refractivity contribution in [2.75, 3.05) is 0 Å². The average molecular weight is 413 g/mol. The molecule has 0 bridgehead atoms. The molecule has 3 heterocycles. The van der Waals surface area contributed by atoms with Crippen molar-refractivity contribution in [1.82, 2.24) is 19.7 Å². The van der Waals surface area contributed by atoms with Gasteiger partial charge < -0.3 is 4.42 Å². The largest absolute Gasteiger partial charge is 0.419 e. The van der Waals surface area contributed by atoms with Crippen LogP contribution in [0.1, 0.15) is 26.2 Å². The Morgan fingerprint density at radius 1 is 1.18 bits per heavy atom. The van der Waals surface area contributed by atoms with E-state index in [2.05, 4.69) is 24.0 Å². The Labute approximate surface area is 170 Å². The molecular formula is C20H20N4O2S2. The van der Waals surface area contributed by atoms with Crippen LogP contribution in [0.4, 0.5) is 0 Å². The zero-order chi connectivity index (χ0) is 19.5. The van der Waals surface area contributed by atoms with E-state index in [1.165, 1.54) is 11.8 Å². The van der Waals surface area contributed by atoms with Crippen LogP contribution in [0, 0.1) is 5.92 Å². The van der Waals surface area contributed by atoms with E-state index in [0.29, 0.717) is 46.1 Å². The third kappa shape index (κ3) is 4.02. The van der Waals surface area contributed by atoms with Crippen molar-refractivity contribution in [3.63, 3.8) is 0 Å². The van der Waals surface area contributed by atoms with Gasteiger partial charge in [-0.15, -0.1) is 21.5 Å². The summed E-state index contributed by atoms with van der Waals surface area (Å²) < 4.78 is 7.53. The van der Waals surface area contributed by atoms with Crippen molar-refractivity contribution in [3.05, 3.63) is 58.0 Å². The number of hydrogen-bond acceptors (Lipinski definition) is 7. The quantitative estimate of drug-likeness (QED) is 0.319. The predicted molar refractivity (Wildman–Crippen MR) is 113 cm³/mol. The Morgan fingerprint density at radius 2 is 2.04 bits per heavy atom. The van der Waals surface area contributed by atoms with Crippen LogP contribution < -0.4 is 5.56 Å². The van der Waals surface area contributed by atoms with Crippen molar-refractivity contribution in [2.45, 2.75) is 37.7 Å². The average Bonchev–Trinajstić information content (AvgIpc) is 3.37. The van der Waals surface area contributed by atoms with Gasteiger partial charge in [-0.05, 0) is 35.9 Å². The smallest absolute Gasteiger partial charge is 0.262 e. The third-order valence-corrected chi connectivity index (χ3v) is 6.10. The Morgan fingerprint density at radius 3 is 2.82 bits per heavy atom. The van der Waals surface area contributed by atoms with Gasteiger partial charge in [0.05, 0.1) is 21.5 Å². The highest BCUT2D eigenvalue weighted by Crippen LogP contribution is 2.26. The first-order chi connectivity index (χ1) is 13.6. The molecule has 0 saturated carbocycles. The van der Waals surface area contributed by atoms with Crippen molar-refractivity contribution in [3.8, 4) is 10.8 Å². The van der Waals surface area contributed by atoms with Crippen LogP contribution in [0.15, 0.2) is 56.1 Å². The fourth-order valence-corrected chi connectivity index (χ4v) is 4.29. The predicted octanol–water partition coefficient (Wildman–Crippen LogP) is 4.85. The number of benzene rings is 1. The van der Waals surface area contributed by atoms with Gasteiger partial charge in [0.25, 0.3) is 11.4 Å². The minimum Gasteiger partial charge on any atom is -0.419 e. The van der Waals surface area contributed by atoms with Gasteiger partial charge in [-0.2, -0.15) is 0 Å². The van der Waals surface area contributed by atoms with Gasteiger partial charge in [0.2, 0.25) is 5.89 Å². The van der Waals surface area contributed by atoms with Gasteiger partial charge in [-0.25, -0.2) is 4.98 Å². The first kappa shape index (κ1) is 18.9. The Kier molecular flexibility index (Phi) is 5.59. The minimum absolute atomic E-state index is 0.00134. The number of thioether (sulfide) groups is 1. The lowest BCUT2D eigenvalue weighted by Gasteiger charge is -2.13. The molecule has 4 rings (SSSR count). The number of fused-ring (bicyclic) bond motifs is 1. The van der Waals surface area contributed by atoms with E-state index >= 15 is 0 Å². The highest BCUT2D eigenvalue weighted by Gasteiger charge is 2.15. The molecule has 0 aliphatic rings. The SMILES string of the molecule is CC(C)CCn1c(SCc2nnc(-c3cccs3)o2)nc2ccccc2c1=O. The highest BCUT2D eigenvalue weighted by atomic mass is 32.2. The monoisotopic (exact) mass is 412 g/mol. The number of thiophene rings is 1. The summed E-state index contributed by atoms with van der Waals surface area (Å²) in [5.74, 6) is 2.01. The first-order valence-corrected chi connectivity index (χ1v) is 11.0. The molecule has 144 valence electrons. The van der Waals surface area contributed by atoms with Crippen LogP contribution in [-0.2, 0) is 12.3 Å². The van der Waals surface area contributed by atoms with Crippen molar-refractivity contribution < 1.29 is 4.42 Å². The van der Waals surface area contributed by atoms with Crippen LogP contribution >= 0.6 is 23.1 Å². The van der Waals surface area contributed by atoms with Crippen molar-refractivity contribution in [2.24, 2.45) is 5.92 Å². The summed E-state index contributed by atoms with van der Waals surface area (Å²) in [6.45, 7) is 4.94. The summed E-state index contributed by atoms with van der Waals surface area (Å²) in [7, 11) is 0. The molecule has 0 atom stereocenters. The molecular weight excluding hydrogens is 392 g/mol. The maximum atomic E-state index is 13.0. The second kappa shape index (κ2) is 8.28. The van der Waals surface area contributed by atoms with E-state index in [9.17, 15) is 4.79 Å². The molecule has 0 radical (unpaired) electrons. The molecule has 0 aliphatic carbocycles. The molecule has 0 unspecified atom stereocenters. The lowest BCUT2D eigenvalue weighted by atomic mass is 10.1. The number of aromatic nitrogens is 4. The highest BCUT2D eigenvalue weighted by molar-refractivity contribution is 7.98. The van der Waals surface area contributed by atoms with Gasteiger partial charge in [-0.1, -0.05) is 43.8 Å². The van der Waals surface area contributed by atoms with Gasteiger partial charge in [0, 0.05) is 6.54 Å². The number of rotatable bonds is 7. The first-order valence-electron chi connectivity index (χ1n) is 9.10. The molecule has 6 nitrogen and oxygen atoms in total. The Balaban J connectivity index is 1.61. The summed E-state index contributed by atoms with van der Waals surface area (Å²) in [5, 5.41) is 11.5. The molecule has 0 aliphatic heterocycles. The fourth-order valence-electron chi connectivity index (χ4n) is 2.78. The molecule has 3 aromatic heterocycles. The van der Waals surface area contributed by atoms with Crippen molar-refractivity contribution in [1.29, 1.82) is 0 Å². The summed E-state index contributed by atoms with van der Waals surface area (Å²) in [6.07, 6.45) is 0.913. The molecule has 0 amide bonds. The standard InChI is InChI=1S/C20H20N4O2S2/c1-13(2)9-10-24-19(25)14-6-3-4-7-15(14)21-20(24)28-12-17-22-23-18(26-17)16-8-5-11-27-16/h3-8,11,13H,9-10,12H2,1-2H3. The van der Waals surface area contributed by atoms with Crippen LogP contribution in [-0.4, -0.2) is 19.7 Å². The summed E-state index contributed by atoms with van der Waals surface area (Å²) in [4.78, 5) is 18.7. The zero-order valence-electron chi connectivity index (χ0n) is 15.7. The second-order valence-electron chi connectivity index (χ2n) is 6.82. The molecule has 0 fully saturated rings. The van der Waals surface area contributed by atoms with E-state index in [-0.39, 0.29) is 5.56 Å². The van der Waals surface area contributed by atoms with Gasteiger partial charge in [0.1, 0.15) is 0 Å². The zero-order valence-corrected chi connectivity index (χ0v) is 17.3. The summed E-state index contributed by atoms with van der Waals surface area (Å²) >= 11 is 3.01. The lowest BCUT2D eigenvalue weighted by Crippen LogP contribution is -2.24. The lowest BCUT2D eigenvalue weighted by molar-refractivity contribution is 0.480. The molecule has 8 heteroatoms. The normalized spacial score (nSPS) is 11.5. The van der Waals surface area contributed by atoms with E-state index in [1.807, 2.05) is 41.8 Å². The maximum absolute atomic E-state index is 13.0. The summed E-state index contributed by atoms with van der Waals surface area (Å²) in [5.41, 5.74) is 0.708. The number of hydrogen-bond donors (Lipinski definition) is 0. The molecule has 0 spiro atoms. The fraction of sp³-hybridized carbons (Fsp3) is 0.300. The van der Waals surface area contributed by atoms with E-state index < -0.39 is 0 Å². The van der Waals surface area contributed by atoms with Crippen LogP contribution in [0.2, 0.25) is 0 Å². The topological polar surface area (TPSA) is 73.8 Å². The number of nitrogens with zero attached hydrogens (tertiary/aromatic N) is 4. The second-order valence-corrected chi connectivity index (χ2v) is 8.71. The van der Waals surface area contributed by atoms with Crippen molar-refractivity contribution >= 4 is 34.0 Å². The molecule has 0 N–H and O–H groups in total. The Bertz CT molecular complexity index is 1130. The molecule has 0 saturated heterocycles. The maximum Gasteiger partial charge on any atom is 0.262 e. The van der Waals surface area contributed by atoms with Gasteiger partial charge >= 0.3 is 0 Å². The molecule has 1 aromatic carbocycles.